The van der Waals surface area contributed by atoms with Gasteiger partial charge in [0.1, 0.15) is 0 Å². The van der Waals surface area contributed by atoms with Crippen LogP contribution in [0.1, 0.15) is 26.2 Å². The van der Waals surface area contributed by atoms with E-state index in [2.05, 4.69) is 5.32 Å². The summed E-state index contributed by atoms with van der Waals surface area (Å²) in [5.41, 5.74) is 5.75. The van der Waals surface area contributed by atoms with Crippen LogP contribution < -0.4 is 11.1 Å². The second kappa shape index (κ2) is 11.8. The molecule has 0 aromatic rings. The van der Waals surface area contributed by atoms with Gasteiger partial charge in [-0.1, -0.05) is 6.08 Å². The second-order valence-corrected chi connectivity index (χ2v) is 6.97. The minimum absolute atomic E-state index is 0.359. The number of rotatable bonds is 13. The molecular formula is C13H28N2O5Si. The first kappa shape index (κ1) is 20.2. The molecule has 0 rings (SSSR count). The van der Waals surface area contributed by atoms with Gasteiger partial charge in [0.2, 0.25) is 5.91 Å². The van der Waals surface area contributed by atoms with Gasteiger partial charge in [-0.2, -0.15) is 0 Å². The molecule has 0 atom stereocenters. The molecule has 0 unspecified atom stereocenters. The molecule has 0 fully saturated rings. The third kappa shape index (κ3) is 8.97. The molecule has 1 amide bonds. The predicted molar refractivity (Wildman–Crippen MR) is 82.4 cm³/mol. The topological polar surface area (TPSA) is 92.0 Å². The van der Waals surface area contributed by atoms with E-state index in [4.69, 9.17) is 23.4 Å². The molecule has 124 valence electrons. The summed E-state index contributed by atoms with van der Waals surface area (Å²) in [5, 5.41) is 3.30. The molecule has 0 saturated heterocycles. The van der Waals surface area contributed by atoms with Crippen molar-refractivity contribution < 1.29 is 22.5 Å². The average molecular weight is 320 g/mol. The molecule has 3 N–H and O–H groups in total. The number of carbonyl (C=O) groups is 1. The van der Waals surface area contributed by atoms with Gasteiger partial charge in [-0.15, -0.1) is 0 Å². The summed E-state index contributed by atoms with van der Waals surface area (Å²) in [6.45, 7) is 3.95. The summed E-state index contributed by atoms with van der Waals surface area (Å²) in [6.07, 6.45) is 4.49. The number of hydrogen-bond donors (Lipinski definition) is 2. The van der Waals surface area contributed by atoms with Crippen molar-refractivity contribution in [3.63, 3.8) is 0 Å². The van der Waals surface area contributed by atoms with Gasteiger partial charge in [0.05, 0.1) is 0 Å². The van der Waals surface area contributed by atoms with Crippen LogP contribution in [0, 0.1) is 0 Å². The number of unbranched alkanes of at least 4 members (excludes halogenated alkanes) is 1. The first-order chi connectivity index (χ1) is 10.0. The van der Waals surface area contributed by atoms with E-state index in [9.17, 15) is 4.79 Å². The number of nitrogens with one attached hydrogen (secondary N) is 1. The Balaban J connectivity index is 3.57. The lowest BCUT2D eigenvalue weighted by Crippen LogP contribution is -2.46. The summed E-state index contributed by atoms with van der Waals surface area (Å²) in [5.74, 6) is -0.359. The van der Waals surface area contributed by atoms with Crippen molar-refractivity contribution in [2.24, 2.45) is 5.73 Å². The van der Waals surface area contributed by atoms with E-state index in [0.29, 0.717) is 12.2 Å². The highest BCUT2D eigenvalue weighted by atomic mass is 28.4. The largest absolute Gasteiger partial charge is 0.678 e. The van der Waals surface area contributed by atoms with E-state index in [0.717, 1.165) is 32.4 Å². The lowest BCUT2D eigenvalue weighted by Gasteiger charge is -2.22. The van der Waals surface area contributed by atoms with Crippen molar-refractivity contribution in [3.8, 4) is 0 Å². The maximum atomic E-state index is 10.8. The van der Waals surface area contributed by atoms with E-state index in [1.54, 1.807) is 6.92 Å². The minimum atomic E-state index is -2.90. The highest BCUT2D eigenvalue weighted by Crippen LogP contribution is 2.07. The molecule has 8 heteroatoms. The zero-order valence-corrected chi connectivity index (χ0v) is 14.4. The van der Waals surface area contributed by atoms with Gasteiger partial charge in [-0.25, -0.2) is 0 Å². The Morgan fingerprint density at radius 2 is 1.71 bits per heavy atom. The summed E-state index contributed by atoms with van der Waals surface area (Å²) in [6, 6.07) is 0. The minimum Gasteiger partial charge on any atom is -0.366 e. The van der Waals surface area contributed by atoms with Gasteiger partial charge in [0.15, 0.2) is 0 Å². The standard InChI is InChI=1S/C13H28N2O5Si/c1-12(13(14)16)8-5-6-9-15-10-7-11-20-21(17-2,18-3)19-4/h8,15H,5-7,9-11H2,1-4H3,(H2,14,16). The van der Waals surface area contributed by atoms with Crippen molar-refractivity contribution in [2.75, 3.05) is 41.0 Å². The van der Waals surface area contributed by atoms with Crippen LogP contribution in [0.25, 0.3) is 0 Å². The summed E-state index contributed by atoms with van der Waals surface area (Å²) >= 11 is 0. The lowest BCUT2D eigenvalue weighted by molar-refractivity contribution is -0.114. The maximum absolute atomic E-state index is 10.8. The van der Waals surface area contributed by atoms with Crippen LogP contribution in [0.3, 0.4) is 0 Å². The molecule has 0 saturated carbocycles. The van der Waals surface area contributed by atoms with Crippen molar-refractivity contribution in [1.82, 2.24) is 5.32 Å². The summed E-state index contributed by atoms with van der Waals surface area (Å²) < 4.78 is 21.0. The first-order valence-electron chi connectivity index (χ1n) is 6.98. The van der Waals surface area contributed by atoms with Gasteiger partial charge in [0.25, 0.3) is 0 Å². The maximum Gasteiger partial charge on any atom is 0.678 e. The normalized spacial score (nSPS) is 12.7. The number of amides is 1. The third-order valence-corrected chi connectivity index (χ3v) is 4.98. The number of hydrogen-bond acceptors (Lipinski definition) is 6. The molecule has 21 heavy (non-hydrogen) atoms. The lowest BCUT2D eigenvalue weighted by atomic mass is 10.2. The van der Waals surface area contributed by atoms with Crippen LogP contribution in [0.4, 0.5) is 0 Å². The van der Waals surface area contributed by atoms with Crippen LogP contribution in [0.2, 0.25) is 0 Å². The number of primary amides is 1. The Morgan fingerprint density at radius 3 is 2.24 bits per heavy atom. The van der Waals surface area contributed by atoms with E-state index < -0.39 is 9.05 Å². The third-order valence-electron chi connectivity index (χ3n) is 2.92. The highest BCUT2D eigenvalue weighted by Gasteiger charge is 2.41. The van der Waals surface area contributed by atoms with Gasteiger partial charge >= 0.3 is 9.05 Å². The molecule has 0 aromatic carbocycles. The Labute approximate surface area is 128 Å². The molecule has 7 nitrogen and oxygen atoms in total. The van der Waals surface area contributed by atoms with E-state index >= 15 is 0 Å². The smallest absolute Gasteiger partial charge is 0.366 e. The highest BCUT2D eigenvalue weighted by molar-refractivity contribution is 6.53. The van der Waals surface area contributed by atoms with Crippen LogP contribution >= 0.6 is 0 Å². The fourth-order valence-electron chi connectivity index (χ4n) is 1.59. The first-order valence-corrected chi connectivity index (χ1v) is 8.61. The van der Waals surface area contributed by atoms with Gasteiger partial charge in [0, 0.05) is 33.5 Å². The average Bonchev–Trinajstić information content (AvgIpc) is 2.49. The molecule has 0 bridgehead atoms. The SMILES string of the molecule is CO[Si](OC)(OC)OCCCNCCCC=C(C)C(N)=O. The molecular weight excluding hydrogens is 292 g/mol. The quantitative estimate of drug-likeness (QED) is 0.293. The number of nitrogens with two attached hydrogens (primary N) is 1. The van der Waals surface area contributed by atoms with Crippen molar-refractivity contribution in [3.05, 3.63) is 11.6 Å². The van der Waals surface area contributed by atoms with Crippen LogP contribution in [0.5, 0.6) is 0 Å². The molecule has 0 aliphatic rings. The second-order valence-electron chi connectivity index (χ2n) is 4.46. The molecule has 0 aromatic heterocycles. The molecule has 0 spiro atoms. The summed E-state index contributed by atoms with van der Waals surface area (Å²) in [7, 11) is 1.64. The molecule has 0 aliphatic heterocycles. The predicted octanol–water partition coefficient (Wildman–Crippen LogP) is 0.569. The van der Waals surface area contributed by atoms with Crippen molar-refractivity contribution in [2.45, 2.75) is 26.2 Å². The monoisotopic (exact) mass is 320 g/mol. The van der Waals surface area contributed by atoms with Gasteiger partial charge in [-0.3, -0.25) is 4.79 Å². The molecule has 0 heterocycles. The molecule has 0 radical (unpaired) electrons. The van der Waals surface area contributed by atoms with E-state index in [1.165, 1.54) is 21.3 Å². The van der Waals surface area contributed by atoms with E-state index in [-0.39, 0.29) is 5.91 Å². The Kier molecular flexibility index (Phi) is 11.4. The fraction of sp³-hybridized carbons (Fsp3) is 0.769. The molecule has 0 aliphatic carbocycles. The Hall–Kier alpha value is -0.773. The Morgan fingerprint density at radius 1 is 1.14 bits per heavy atom. The van der Waals surface area contributed by atoms with Crippen molar-refractivity contribution >= 4 is 15.0 Å². The summed E-state index contributed by atoms with van der Waals surface area (Å²) in [4.78, 5) is 10.8. The number of allylic oxidation sites excluding steroid dienone is 1. The number of carbonyl (C=O) groups excluding carboxylic acids is 1. The van der Waals surface area contributed by atoms with Crippen LogP contribution in [0.15, 0.2) is 11.6 Å². The van der Waals surface area contributed by atoms with Crippen molar-refractivity contribution in [1.29, 1.82) is 0 Å². The zero-order valence-electron chi connectivity index (χ0n) is 13.4. The van der Waals surface area contributed by atoms with E-state index in [1.807, 2.05) is 6.08 Å². The Bertz CT molecular complexity index is 313. The van der Waals surface area contributed by atoms with Gasteiger partial charge in [-0.05, 0) is 39.3 Å². The van der Waals surface area contributed by atoms with Crippen LogP contribution in [-0.4, -0.2) is 56.0 Å². The van der Waals surface area contributed by atoms with Gasteiger partial charge < -0.3 is 28.8 Å². The van der Waals surface area contributed by atoms with Crippen LogP contribution in [-0.2, 0) is 22.5 Å². The zero-order chi connectivity index (χ0) is 16.1. The fourth-order valence-corrected chi connectivity index (χ4v) is 2.84.